The molecule has 18 heavy (non-hydrogen) atoms. The molecule has 2 nitrogen and oxygen atoms in total. The van der Waals surface area contributed by atoms with Gasteiger partial charge in [-0.1, -0.05) is 12.1 Å². The Morgan fingerprint density at radius 3 is 2.50 bits per heavy atom. The first-order valence-corrected chi connectivity index (χ1v) is 5.13. The molecular weight excluding hydrogens is 245 g/mol. The van der Waals surface area contributed by atoms with Gasteiger partial charge in [0, 0.05) is 11.6 Å². The zero-order valence-corrected chi connectivity index (χ0v) is 9.16. The van der Waals surface area contributed by atoms with Crippen LogP contribution in [0.5, 0.6) is 11.5 Å². The van der Waals surface area contributed by atoms with Gasteiger partial charge in [0.15, 0.2) is 23.1 Å². The Hall–Kier alpha value is -2.01. The van der Waals surface area contributed by atoms with Gasteiger partial charge in [-0.15, -0.1) is 0 Å². The number of benzene rings is 2. The summed E-state index contributed by atoms with van der Waals surface area (Å²) in [6.07, 6.45) is 0. The summed E-state index contributed by atoms with van der Waals surface area (Å²) in [6, 6.07) is 6.53. The molecule has 0 saturated carbocycles. The highest BCUT2D eigenvalue weighted by molar-refractivity contribution is 5.39. The van der Waals surface area contributed by atoms with Crippen LogP contribution in [0.1, 0.15) is 5.56 Å². The van der Waals surface area contributed by atoms with Crippen LogP contribution < -0.4 is 4.74 Å². The van der Waals surface area contributed by atoms with Crippen molar-refractivity contribution in [1.82, 2.24) is 0 Å². The fourth-order valence-electron chi connectivity index (χ4n) is 1.46. The van der Waals surface area contributed by atoms with Gasteiger partial charge in [0.2, 0.25) is 0 Å². The van der Waals surface area contributed by atoms with Gasteiger partial charge in [0.25, 0.3) is 0 Å². The smallest absolute Gasteiger partial charge is 0.168 e. The maximum absolute atomic E-state index is 13.5. The lowest BCUT2D eigenvalue weighted by atomic mass is 10.2. The number of aliphatic hydroxyl groups is 1. The molecule has 0 atom stereocenters. The quantitative estimate of drug-likeness (QED) is 0.909. The van der Waals surface area contributed by atoms with Gasteiger partial charge < -0.3 is 9.84 Å². The average molecular weight is 254 g/mol. The Morgan fingerprint density at radius 2 is 1.78 bits per heavy atom. The summed E-state index contributed by atoms with van der Waals surface area (Å²) in [5, 5.41) is 9.03. The average Bonchev–Trinajstić information content (AvgIpc) is 2.36. The van der Waals surface area contributed by atoms with Gasteiger partial charge in [0.05, 0.1) is 6.61 Å². The van der Waals surface area contributed by atoms with Crippen LogP contribution in [0.3, 0.4) is 0 Å². The Kier molecular flexibility index (Phi) is 3.53. The molecular formula is C13H9F3O2. The number of rotatable bonds is 3. The summed E-state index contributed by atoms with van der Waals surface area (Å²) in [6.45, 7) is -0.468. The number of ether oxygens (including phenoxy) is 1. The van der Waals surface area contributed by atoms with Gasteiger partial charge in [0.1, 0.15) is 5.82 Å². The van der Waals surface area contributed by atoms with E-state index in [4.69, 9.17) is 9.84 Å². The molecule has 0 unspecified atom stereocenters. The summed E-state index contributed by atoms with van der Waals surface area (Å²) in [5.41, 5.74) is 0.152. The topological polar surface area (TPSA) is 29.5 Å². The van der Waals surface area contributed by atoms with E-state index in [-0.39, 0.29) is 11.3 Å². The van der Waals surface area contributed by atoms with E-state index >= 15 is 0 Å². The standard InChI is InChI=1S/C13H9F3O2/c14-9-4-5-10(15)12(6-9)18-13-8(7-17)2-1-3-11(13)16/h1-6,17H,7H2. The number of halogens is 3. The summed E-state index contributed by atoms with van der Waals surface area (Å²) in [4.78, 5) is 0. The molecule has 2 rings (SSSR count). The molecule has 5 heteroatoms. The molecule has 0 heterocycles. The second kappa shape index (κ2) is 5.10. The van der Waals surface area contributed by atoms with Crippen LogP contribution in [0.2, 0.25) is 0 Å². The minimum absolute atomic E-state index is 0.152. The van der Waals surface area contributed by atoms with Gasteiger partial charge in [-0.3, -0.25) is 0 Å². The van der Waals surface area contributed by atoms with Crippen LogP contribution in [0.15, 0.2) is 36.4 Å². The monoisotopic (exact) mass is 254 g/mol. The van der Waals surface area contributed by atoms with Crippen molar-refractivity contribution >= 4 is 0 Å². The molecule has 94 valence electrons. The molecule has 0 radical (unpaired) electrons. The van der Waals surface area contributed by atoms with E-state index < -0.39 is 29.8 Å². The lowest BCUT2D eigenvalue weighted by Gasteiger charge is -2.11. The summed E-state index contributed by atoms with van der Waals surface area (Å²) >= 11 is 0. The van der Waals surface area contributed by atoms with Crippen molar-refractivity contribution in [3.63, 3.8) is 0 Å². The lowest BCUT2D eigenvalue weighted by Crippen LogP contribution is -1.97. The molecule has 0 aliphatic heterocycles. The van der Waals surface area contributed by atoms with Gasteiger partial charge >= 0.3 is 0 Å². The van der Waals surface area contributed by atoms with Crippen molar-refractivity contribution in [1.29, 1.82) is 0 Å². The second-order valence-electron chi connectivity index (χ2n) is 3.56. The first-order valence-electron chi connectivity index (χ1n) is 5.13. The maximum Gasteiger partial charge on any atom is 0.168 e. The third kappa shape index (κ3) is 2.46. The molecule has 0 amide bonds. The minimum atomic E-state index is -0.816. The van der Waals surface area contributed by atoms with E-state index in [0.717, 1.165) is 24.3 Å². The van der Waals surface area contributed by atoms with Crippen molar-refractivity contribution < 1.29 is 23.0 Å². The fraction of sp³-hybridized carbons (Fsp3) is 0.0769. The van der Waals surface area contributed by atoms with Crippen molar-refractivity contribution in [3.8, 4) is 11.5 Å². The summed E-state index contributed by atoms with van der Waals surface area (Å²) < 4.78 is 44.8. The molecule has 0 spiro atoms. The van der Waals surface area contributed by atoms with Gasteiger partial charge in [-0.05, 0) is 18.2 Å². The van der Waals surface area contributed by atoms with E-state index in [9.17, 15) is 13.2 Å². The van der Waals surface area contributed by atoms with Crippen LogP contribution in [0.25, 0.3) is 0 Å². The van der Waals surface area contributed by atoms with Crippen LogP contribution in [-0.4, -0.2) is 5.11 Å². The Balaban J connectivity index is 2.42. The molecule has 0 bridgehead atoms. The van der Waals surface area contributed by atoms with E-state index in [0.29, 0.717) is 0 Å². The molecule has 0 aromatic heterocycles. The first-order chi connectivity index (χ1) is 8.61. The largest absolute Gasteiger partial charge is 0.451 e. The molecule has 2 aromatic carbocycles. The van der Waals surface area contributed by atoms with Crippen LogP contribution in [0, 0.1) is 17.5 Å². The predicted molar refractivity (Wildman–Crippen MR) is 58.8 cm³/mol. The third-order valence-corrected chi connectivity index (χ3v) is 2.32. The highest BCUT2D eigenvalue weighted by Crippen LogP contribution is 2.30. The van der Waals surface area contributed by atoms with E-state index in [1.807, 2.05) is 0 Å². The van der Waals surface area contributed by atoms with Gasteiger partial charge in [-0.2, -0.15) is 0 Å². The zero-order valence-electron chi connectivity index (χ0n) is 9.16. The molecule has 1 N–H and O–H groups in total. The normalized spacial score (nSPS) is 10.4. The first kappa shape index (κ1) is 12.4. The number of para-hydroxylation sites is 1. The third-order valence-electron chi connectivity index (χ3n) is 2.32. The van der Waals surface area contributed by atoms with E-state index in [2.05, 4.69) is 0 Å². The number of aliphatic hydroxyl groups excluding tert-OH is 1. The maximum atomic E-state index is 13.5. The SMILES string of the molecule is OCc1cccc(F)c1Oc1cc(F)ccc1F. The molecule has 0 saturated heterocycles. The zero-order chi connectivity index (χ0) is 13.1. The van der Waals surface area contributed by atoms with Crippen molar-refractivity contribution in [2.45, 2.75) is 6.61 Å². The minimum Gasteiger partial charge on any atom is -0.451 e. The lowest BCUT2D eigenvalue weighted by molar-refractivity contribution is 0.273. The fourth-order valence-corrected chi connectivity index (χ4v) is 1.46. The molecule has 2 aromatic rings. The number of hydrogen-bond acceptors (Lipinski definition) is 2. The molecule has 0 aliphatic carbocycles. The Bertz CT molecular complexity index is 570. The Labute approximate surface area is 101 Å². The van der Waals surface area contributed by atoms with Crippen molar-refractivity contribution in [2.75, 3.05) is 0 Å². The highest BCUT2D eigenvalue weighted by atomic mass is 19.1. The highest BCUT2D eigenvalue weighted by Gasteiger charge is 2.13. The van der Waals surface area contributed by atoms with Crippen molar-refractivity contribution in [2.24, 2.45) is 0 Å². The van der Waals surface area contributed by atoms with E-state index in [1.165, 1.54) is 12.1 Å². The summed E-state index contributed by atoms with van der Waals surface area (Å²) in [5.74, 6) is -3.03. The number of hydrogen-bond donors (Lipinski definition) is 1. The van der Waals surface area contributed by atoms with Crippen LogP contribution >= 0.6 is 0 Å². The van der Waals surface area contributed by atoms with E-state index in [1.54, 1.807) is 0 Å². The predicted octanol–water partition coefficient (Wildman–Crippen LogP) is 3.39. The summed E-state index contributed by atoms with van der Waals surface area (Å²) in [7, 11) is 0. The molecule has 0 fully saturated rings. The Morgan fingerprint density at radius 1 is 1.00 bits per heavy atom. The molecule has 0 aliphatic rings. The van der Waals surface area contributed by atoms with Crippen LogP contribution in [-0.2, 0) is 6.61 Å². The second-order valence-corrected chi connectivity index (χ2v) is 3.56. The van der Waals surface area contributed by atoms with Gasteiger partial charge in [-0.25, -0.2) is 13.2 Å². The van der Waals surface area contributed by atoms with Crippen LogP contribution in [0.4, 0.5) is 13.2 Å². The van der Waals surface area contributed by atoms with Crippen molar-refractivity contribution in [3.05, 3.63) is 59.4 Å².